The van der Waals surface area contributed by atoms with Gasteiger partial charge in [-0.25, -0.2) is 4.98 Å². The molecule has 1 heterocycles. The fourth-order valence-corrected chi connectivity index (χ4v) is 6.18. The molecule has 0 spiro atoms. The molecule has 116 valence electrons. The zero-order valence-corrected chi connectivity index (χ0v) is 14.4. The first-order valence-electron chi connectivity index (χ1n) is 8.70. The molecule has 1 N–H and O–H groups in total. The van der Waals surface area contributed by atoms with Crippen LogP contribution in [0.1, 0.15) is 63.6 Å². The molecule has 0 radical (unpaired) electrons. The molecule has 3 saturated carbocycles. The smallest absolute Gasteiger partial charge is 0.0982 e. The van der Waals surface area contributed by atoms with E-state index in [1.54, 1.807) is 0 Å². The van der Waals surface area contributed by atoms with Crippen LogP contribution in [-0.2, 0) is 12.0 Å². The Labute approximate surface area is 132 Å². The number of hydrogen-bond acceptors (Lipinski definition) is 3. The summed E-state index contributed by atoms with van der Waals surface area (Å²) in [5, 5.41) is 7.37. The first kappa shape index (κ1) is 14.2. The summed E-state index contributed by atoms with van der Waals surface area (Å²) in [6.07, 6.45) is 7.48. The van der Waals surface area contributed by atoms with Crippen LogP contribution in [0.2, 0.25) is 0 Å². The number of thiazole rings is 1. The van der Waals surface area contributed by atoms with Gasteiger partial charge in [-0.05, 0) is 49.4 Å². The number of aromatic nitrogens is 1. The standard InChI is InChI=1S/C18H28N2S/c1-18(2,3)17-20-12(10-21-17)9-19-16-8-11-7-15(16)14-6-4-5-13(11)14/h10-11,13-16,19H,4-9H2,1-3H3. The Morgan fingerprint density at radius 2 is 2.00 bits per heavy atom. The molecule has 5 unspecified atom stereocenters. The zero-order chi connectivity index (χ0) is 14.6. The Morgan fingerprint density at radius 3 is 2.76 bits per heavy atom. The molecule has 3 fully saturated rings. The van der Waals surface area contributed by atoms with E-state index >= 15 is 0 Å². The predicted molar refractivity (Wildman–Crippen MR) is 88.5 cm³/mol. The van der Waals surface area contributed by atoms with Crippen molar-refractivity contribution < 1.29 is 0 Å². The monoisotopic (exact) mass is 304 g/mol. The lowest BCUT2D eigenvalue weighted by Crippen LogP contribution is -2.39. The number of hydrogen-bond donors (Lipinski definition) is 1. The SMILES string of the molecule is CC(C)(C)c1nc(CNC2CC3CC2C2CCCC32)cs1. The van der Waals surface area contributed by atoms with Crippen LogP contribution in [-0.4, -0.2) is 11.0 Å². The average molecular weight is 305 g/mol. The van der Waals surface area contributed by atoms with Crippen LogP contribution >= 0.6 is 11.3 Å². The van der Waals surface area contributed by atoms with Gasteiger partial charge in [-0.15, -0.1) is 11.3 Å². The summed E-state index contributed by atoms with van der Waals surface area (Å²) < 4.78 is 0. The first-order chi connectivity index (χ1) is 10.0. The number of fused-ring (bicyclic) bond motifs is 5. The number of nitrogens with one attached hydrogen (secondary N) is 1. The van der Waals surface area contributed by atoms with Crippen molar-refractivity contribution >= 4 is 11.3 Å². The van der Waals surface area contributed by atoms with Crippen LogP contribution in [0.3, 0.4) is 0 Å². The van der Waals surface area contributed by atoms with Crippen molar-refractivity contribution in [2.45, 2.75) is 70.9 Å². The topological polar surface area (TPSA) is 24.9 Å². The maximum Gasteiger partial charge on any atom is 0.0982 e. The van der Waals surface area contributed by atoms with E-state index in [4.69, 9.17) is 4.98 Å². The molecule has 3 heteroatoms. The van der Waals surface area contributed by atoms with E-state index < -0.39 is 0 Å². The molecule has 0 aliphatic heterocycles. The molecule has 4 rings (SSSR count). The molecule has 2 nitrogen and oxygen atoms in total. The van der Waals surface area contributed by atoms with Gasteiger partial charge in [-0.3, -0.25) is 0 Å². The van der Waals surface area contributed by atoms with Gasteiger partial charge in [0.1, 0.15) is 0 Å². The Hall–Kier alpha value is -0.410. The van der Waals surface area contributed by atoms with E-state index in [-0.39, 0.29) is 5.41 Å². The fraction of sp³-hybridized carbons (Fsp3) is 0.833. The van der Waals surface area contributed by atoms with E-state index in [0.717, 1.165) is 36.3 Å². The van der Waals surface area contributed by atoms with Gasteiger partial charge in [-0.1, -0.05) is 27.2 Å². The van der Waals surface area contributed by atoms with Gasteiger partial charge in [0.2, 0.25) is 0 Å². The van der Waals surface area contributed by atoms with Crippen LogP contribution in [0.5, 0.6) is 0 Å². The van der Waals surface area contributed by atoms with Gasteiger partial charge in [0, 0.05) is 23.4 Å². The number of rotatable bonds is 3. The van der Waals surface area contributed by atoms with Crippen molar-refractivity contribution in [3.8, 4) is 0 Å². The minimum atomic E-state index is 0.187. The minimum Gasteiger partial charge on any atom is -0.308 e. The van der Waals surface area contributed by atoms with E-state index in [2.05, 4.69) is 31.5 Å². The van der Waals surface area contributed by atoms with Gasteiger partial charge < -0.3 is 5.32 Å². The Kier molecular flexibility index (Phi) is 3.42. The molecule has 3 aliphatic rings. The average Bonchev–Trinajstić information content (AvgIpc) is 3.16. The summed E-state index contributed by atoms with van der Waals surface area (Å²) in [6, 6.07) is 0.772. The molecule has 21 heavy (non-hydrogen) atoms. The summed E-state index contributed by atoms with van der Waals surface area (Å²) in [5.74, 6) is 4.17. The summed E-state index contributed by atoms with van der Waals surface area (Å²) in [7, 11) is 0. The molecule has 2 bridgehead atoms. The summed E-state index contributed by atoms with van der Waals surface area (Å²) >= 11 is 1.82. The first-order valence-corrected chi connectivity index (χ1v) is 9.58. The molecular weight excluding hydrogens is 276 g/mol. The number of nitrogens with zero attached hydrogens (tertiary/aromatic N) is 1. The van der Waals surface area contributed by atoms with Crippen molar-refractivity contribution in [1.82, 2.24) is 10.3 Å². The summed E-state index contributed by atoms with van der Waals surface area (Å²) in [6.45, 7) is 7.72. The lowest BCUT2D eigenvalue weighted by Gasteiger charge is -2.32. The molecule has 3 aliphatic carbocycles. The highest BCUT2D eigenvalue weighted by atomic mass is 32.1. The Morgan fingerprint density at radius 1 is 1.19 bits per heavy atom. The molecule has 5 atom stereocenters. The predicted octanol–water partition coefficient (Wildman–Crippen LogP) is 4.35. The molecule has 1 aromatic heterocycles. The summed E-state index contributed by atoms with van der Waals surface area (Å²) in [4.78, 5) is 4.83. The fourth-order valence-electron chi connectivity index (χ4n) is 5.27. The highest BCUT2D eigenvalue weighted by molar-refractivity contribution is 7.09. The second-order valence-corrected chi connectivity index (χ2v) is 9.39. The van der Waals surface area contributed by atoms with Crippen molar-refractivity contribution in [2.24, 2.45) is 23.7 Å². The van der Waals surface area contributed by atoms with Gasteiger partial charge >= 0.3 is 0 Å². The van der Waals surface area contributed by atoms with Crippen molar-refractivity contribution in [1.29, 1.82) is 0 Å². The minimum absolute atomic E-state index is 0.187. The van der Waals surface area contributed by atoms with Gasteiger partial charge in [0.15, 0.2) is 0 Å². The van der Waals surface area contributed by atoms with Gasteiger partial charge in [0.25, 0.3) is 0 Å². The summed E-state index contributed by atoms with van der Waals surface area (Å²) in [5.41, 5.74) is 1.43. The second kappa shape index (κ2) is 5.06. The van der Waals surface area contributed by atoms with E-state index in [0.29, 0.717) is 0 Å². The highest BCUT2D eigenvalue weighted by Gasteiger charge is 2.53. The van der Waals surface area contributed by atoms with E-state index in [1.165, 1.54) is 42.8 Å². The Balaban J connectivity index is 1.37. The zero-order valence-electron chi connectivity index (χ0n) is 13.6. The van der Waals surface area contributed by atoms with Crippen LogP contribution in [0.4, 0.5) is 0 Å². The molecule has 0 saturated heterocycles. The maximum absolute atomic E-state index is 4.83. The quantitative estimate of drug-likeness (QED) is 0.897. The van der Waals surface area contributed by atoms with E-state index in [1.807, 2.05) is 11.3 Å². The van der Waals surface area contributed by atoms with E-state index in [9.17, 15) is 0 Å². The third-order valence-corrected chi connectivity index (χ3v) is 7.48. The lowest BCUT2D eigenvalue weighted by molar-refractivity contribution is 0.207. The molecule has 0 aromatic carbocycles. The lowest BCUT2D eigenvalue weighted by atomic mass is 9.79. The van der Waals surface area contributed by atoms with Crippen LogP contribution in [0.15, 0.2) is 5.38 Å². The van der Waals surface area contributed by atoms with Gasteiger partial charge in [0.05, 0.1) is 10.7 Å². The van der Waals surface area contributed by atoms with Crippen LogP contribution < -0.4 is 5.32 Å². The third-order valence-electron chi connectivity index (χ3n) is 6.17. The van der Waals surface area contributed by atoms with Gasteiger partial charge in [-0.2, -0.15) is 0 Å². The highest BCUT2D eigenvalue weighted by Crippen LogP contribution is 2.58. The second-order valence-electron chi connectivity index (χ2n) is 8.54. The molecule has 0 amide bonds. The van der Waals surface area contributed by atoms with Crippen LogP contribution in [0.25, 0.3) is 0 Å². The molecular formula is C18H28N2S. The molecule has 1 aromatic rings. The Bertz CT molecular complexity index is 516. The third kappa shape index (κ3) is 2.46. The van der Waals surface area contributed by atoms with Crippen molar-refractivity contribution in [3.05, 3.63) is 16.1 Å². The maximum atomic E-state index is 4.83. The van der Waals surface area contributed by atoms with Crippen molar-refractivity contribution in [2.75, 3.05) is 0 Å². The van der Waals surface area contributed by atoms with Crippen LogP contribution in [0, 0.1) is 23.7 Å². The van der Waals surface area contributed by atoms with Crippen molar-refractivity contribution in [3.63, 3.8) is 0 Å². The largest absolute Gasteiger partial charge is 0.308 e. The normalized spacial score (nSPS) is 38.1.